The molecule has 11 rings (SSSR count). The molecule has 238 valence electrons. The average molecular weight is 662 g/mol. The van der Waals surface area contributed by atoms with E-state index in [9.17, 15) is 4.11 Å². The van der Waals surface area contributed by atoms with Gasteiger partial charge in [-0.25, -0.2) is 15.0 Å². The molecule has 0 bridgehead atoms. The van der Waals surface area contributed by atoms with Gasteiger partial charge < -0.3 is 13.3 Å². The summed E-state index contributed by atoms with van der Waals surface area (Å²) in [7, 11) is 0. The van der Waals surface area contributed by atoms with E-state index in [2.05, 4.69) is 0 Å². The van der Waals surface area contributed by atoms with Crippen molar-refractivity contribution in [1.82, 2.24) is 15.0 Å². The molecule has 11 aromatic rings. The highest BCUT2D eigenvalue weighted by molar-refractivity contribution is 6.15. The lowest BCUT2D eigenvalue weighted by Gasteiger charge is -2.08. The molecule has 0 N–H and O–H groups in total. The number of fused-ring (bicyclic) bond motifs is 9. The standard InChI is InChI=1S/C45H25N3O3/c1-2-10-26(11-3-1)43-46-44(27-20-22-31-29-12-4-6-18-37(29)49-39(31)24-27)48-45(47-43)28-21-23-32-34-15-9-17-36(42(34)51-40(32)25-28)35-16-8-14-33-30-13-5-7-19-38(30)50-41(33)35/h1-25H/i9D,15D,17D,21D,23D,25D. The predicted octanol–water partition coefficient (Wildman–Crippen LogP) is 12.2. The summed E-state index contributed by atoms with van der Waals surface area (Å²) in [6, 6.07) is 33.8. The van der Waals surface area contributed by atoms with E-state index in [1.807, 2.05) is 109 Å². The van der Waals surface area contributed by atoms with Crippen LogP contribution < -0.4 is 0 Å². The summed E-state index contributed by atoms with van der Waals surface area (Å²) in [5, 5.41) is 3.66. The van der Waals surface area contributed by atoms with E-state index in [1.54, 1.807) is 6.07 Å². The summed E-state index contributed by atoms with van der Waals surface area (Å²) in [5.74, 6) is 0.543. The summed E-state index contributed by atoms with van der Waals surface area (Å²) in [6.45, 7) is 0. The van der Waals surface area contributed by atoms with Crippen molar-refractivity contribution < 1.29 is 21.5 Å². The monoisotopic (exact) mass is 661 g/mol. The van der Waals surface area contributed by atoms with Crippen LogP contribution >= 0.6 is 0 Å². The molecule has 0 saturated heterocycles. The molecule has 0 aliphatic heterocycles. The Morgan fingerprint density at radius 3 is 1.88 bits per heavy atom. The van der Waals surface area contributed by atoms with Gasteiger partial charge in [-0.2, -0.15) is 0 Å². The summed E-state index contributed by atoms with van der Waals surface area (Å²) >= 11 is 0. The Kier molecular flexibility index (Phi) is 4.74. The lowest BCUT2D eigenvalue weighted by molar-refractivity contribution is 0.665. The maximum absolute atomic E-state index is 9.54. The molecular formula is C45H25N3O3. The third kappa shape index (κ3) is 4.33. The Bertz CT molecular complexity index is 3500. The van der Waals surface area contributed by atoms with Crippen LogP contribution in [0.4, 0.5) is 0 Å². The smallest absolute Gasteiger partial charge is 0.164 e. The molecule has 0 spiro atoms. The fraction of sp³-hybridized carbons (Fsp3) is 0. The molecule has 0 atom stereocenters. The third-order valence-electron chi connectivity index (χ3n) is 9.26. The first-order valence-corrected chi connectivity index (χ1v) is 16.4. The number of hydrogen-bond acceptors (Lipinski definition) is 6. The topological polar surface area (TPSA) is 78.1 Å². The van der Waals surface area contributed by atoms with E-state index in [-0.39, 0.29) is 81.0 Å². The first-order valence-electron chi connectivity index (χ1n) is 19.4. The van der Waals surface area contributed by atoms with Crippen LogP contribution in [0, 0.1) is 0 Å². The molecular weight excluding hydrogens is 631 g/mol. The highest BCUT2D eigenvalue weighted by Crippen LogP contribution is 2.42. The zero-order valence-corrected chi connectivity index (χ0v) is 26.5. The molecule has 0 saturated carbocycles. The predicted molar refractivity (Wildman–Crippen MR) is 203 cm³/mol. The van der Waals surface area contributed by atoms with E-state index in [4.69, 9.17) is 32.3 Å². The van der Waals surface area contributed by atoms with Crippen molar-refractivity contribution in [2.75, 3.05) is 0 Å². The Balaban J connectivity index is 1.17. The zero-order valence-electron chi connectivity index (χ0n) is 32.5. The van der Waals surface area contributed by atoms with Crippen LogP contribution in [0.15, 0.2) is 165 Å². The number of nitrogens with zero attached hydrogens (tertiary/aromatic N) is 3. The molecule has 6 nitrogen and oxygen atoms in total. The number of benzene rings is 7. The Labute approximate surface area is 298 Å². The molecule has 4 aromatic heterocycles. The maximum atomic E-state index is 9.54. The molecule has 6 heteroatoms. The third-order valence-corrected chi connectivity index (χ3v) is 9.26. The first kappa shape index (κ1) is 22.6. The highest BCUT2D eigenvalue weighted by Gasteiger charge is 2.19. The summed E-state index contributed by atoms with van der Waals surface area (Å²) in [6.07, 6.45) is 0. The quantitative estimate of drug-likeness (QED) is 0.187. The molecule has 51 heavy (non-hydrogen) atoms. The summed E-state index contributed by atoms with van der Waals surface area (Å²) < 4.78 is 74.1. The molecule has 0 radical (unpaired) electrons. The molecule has 7 aromatic carbocycles. The largest absolute Gasteiger partial charge is 0.456 e. The summed E-state index contributed by atoms with van der Waals surface area (Å²) in [5.41, 5.74) is 4.32. The van der Waals surface area contributed by atoms with Crippen molar-refractivity contribution >= 4 is 65.8 Å². The maximum Gasteiger partial charge on any atom is 0.164 e. The summed E-state index contributed by atoms with van der Waals surface area (Å²) in [4.78, 5) is 14.4. The van der Waals surface area contributed by atoms with Gasteiger partial charge in [0.2, 0.25) is 0 Å². The van der Waals surface area contributed by atoms with Crippen molar-refractivity contribution in [1.29, 1.82) is 0 Å². The van der Waals surface area contributed by atoms with E-state index in [1.165, 1.54) is 0 Å². The van der Waals surface area contributed by atoms with Gasteiger partial charge in [0.25, 0.3) is 0 Å². The molecule has 0 aliphatic carbocycles. The van der Waals surface area contributed by atoms with Crippen LogP contribution in [0.25, 0.3) is 111 Å². The minimum Gasteiger partial charge on any atom is -0.456 e. The van der Waals surface area contributed by atoms with Crippen LogP contribution in [-0.4, -0.2) is 15.0 Å². The average Bonchev–Trinajstić information content (AvgIpc) is 3.95. The second kappa shape index (κ2) is 10.7. The van der Waals surface area contributed by atoms with Crippen molar-refractivity contribution in [3.05, 3.63) is 152 Å². The van der Waals surface area contributed by atoms with Gasteiger partial charge in [0.05, 0.1) is 8.22 Å². The van der Waals surface area contributed by atoms with Gasteiger partial charge in [0.15, 0.2) is 17.5 Å². The second-order valence-corrected chi connectivity index (χ2v) is 12.3. The van der Waals surface area contributed by atoms with Gasteiger partial charge in [-0.05, 0) is 36.4 Å². The minimum atomic E-state index is -0.383. The minimum absolute atomic E-state index is 0.0184. The van der Waals surface area contributed by atoms with Crippen molar-refractivity contribution in [3.8, 4) is 45.3 Å². The molecule has 0 aliphatic rings. The molecule has 0 unspecified atom stereocenters. The van der Waals surface area contributed by atoms with E-state index in [0.717, 1.165) is 27.1 Å². The van der Waals surface area contributed by atoms with E-state index < -0.39 is 0 Å². The zero-order chi connectivity index (χ0) is 38.7. The van der Waals surface area contributed by atoms with Crippen LogP contribution in [0.1, 0.15) is 8.22 Å². The van der Waals surface area contributed by atoms with Gasteiger partial charge in [-0.1, -0.05) is 115 Å². The fourth-order valence-corrected chi connectivity index (χ4v) is 6.86. The molecule has 0 amide bonds. The molecule has 4 heterocycles. The van der Waals surface area contributed by atoms with Crippen molar-refractivity contribution in [3.63, 3.8) is 0 Å². The Hall–Kier alpha value is -7.05. The normalized spacial score (nSPS) is 13.6. The second-order valence-electron chi connectivity index (χ2n) is 12.3. The number of furan rings is 3. The van der Waals surface area contributed by atoms with Gasteiger partial charge >= 0.3 is 0 Å². The Morgan fingerprint density at radius 2 is 1.04 bits per heavy atom. The van der Waals surface area contributed by atoms with Crippen molar-refractivity contribution in [2.24, 2.45) is 0 Å². The first-order chi connectivity index (χ1) is 27.8. The van der Waals surface area contributed by atoms with Crippen LogP contribution in [0.5, 0.6) is 0 Å². The number of hydrogen-bond donors (Lipinski definition) is 0. The van der Waals surface area contributed by atoms with E-state index >= 15 is 0 Å². The lowest BCUT2D eigenvalue weighted by Crippen LogP contribution is -2.00. The van der Waals surface area contributed by atoms with Gasteiger partial charge in [0.1, 0.15) is 33.5 Å². The van der Waals surface area contributed by atoms with Gasteiger partial charge in [0, 0.05) is 60.1 Å². The van der Waals surface area contributed by atoms with Crippen molar-refractivity contribution in [2.45, 2.75) is 0 Å². The molecule has 0 fully saturated rings. The number of para-hydroxylation sites is 4. The van der Waals surface area contributed by atoms with E-state index in [0.29, 0.717) is 39.3 Å². The number of rotatable bonds is 4. The van der Waals surface area contributed by atoms with Gasteiger partial charge in [-0.15, -0.1) is 0 Å². The number of aromatic nitrogens is 3. The van der Waals surface area contributed by atoms with Crippen LogP contribution in [-0.2, 0) is 0 Å². The van der Waals surface area contributed by atoms with Crippen LogP contribution in [0.3, 0.4) is 0 Å². The van der Waals surface area contributed by atoms with Crippen LogP contribution in [0.2, 0.25) is 0 Å². The highest BCUT2D eigenvalue weighted by atomic mass is 16.3. The Morgan fingerprint density at radius 1 is 0.392 bits per heavy atom. The lowest BCUT2D eigenvalue weighted by atomic mass is 10.00. The van der Waals surface area contributed by atoms with Gasteiger partial charge in [-0.3, -0.25) is 0 Å². The fourth-order valence-electron chi connectivity index (χ4n) is 6.86. The SMILES string of the molecule is [2H]c1c([2H])c([2H])c2c(oc3c([2H])c(-c4nc(-c5ccccc5)nc(-c5ccc6c(c5)oc5ccccc56)n4)c([2H])c([2H])c32)c1-c1cccc2c1oc1ccccc12.